The van der Waals surface area contributed by atoms with Crippen molar-refractivity contribution in [2.75, 3.05) is 6.54 Å². The van der Waals surface area contributed by atoms with Crippen molar-refractivity contribution in [3.05, 3.63) is 41.5 Å². The zero-order valence-corrected chi connectivity index (χ0v) is 13.8. The van der Waals surface area contributed by atoms with Crippen LogP contribution in [0.4, 0.5) is 4.39 Å². The van der Waals surface area contributed by atoms with E-state index in [0.717, 1.165) is 11.5 Å². The van der Waals surface area contributed by atoms with Crippen molar-refractivity contribution in [1.29, 1.82) is 0 Å². The van der Waals surface area contributed by atoms with Crippen molar-refractivity contribution < 1.29 is 24.2 Å². The molecule has 130 valence electrons. The molecule has 0 aliphatic carbocycles. The van der Waals surface area contributed by atoms with Crippen molar-refractivity contribution in [3.8, 4) is 29.4 Å². The van der Waals surface area contributed by atoms with Gasteiger partial charge in [-0.1, -0.05) is 0 Å². The van der Waals surface area contributed by atoms with E-state index >= 15 is 0 Å². The topological polar surface area (TPSA) is 112 Å². The van der Waals surface area contributed by atoms with Gasteiger partial charge in [0, 0.05) is 5.56 Å². The Balaban J connectivity index is 2.20. The lowest BCUT2D eigenvalue weighted by atomic mass is 10.1. The van der Waals surface area contributed by atoms with Crippen molar-refractivity contribution in [2.24, 2.45) is 0 Å². The number of rotatable bonds is 4. The number of amides is 1. The number of terminal acetylenes is 1. The smallest absolute Gasteiger partial charge is 0.322 e. The largest absolute Gasteiger partial charge is 0.505 e. The molecule has 3 N–H and O–H groups in total. The molecule has 0 spiro atoms. The molecule has 0 saturated heterocycles. The number of carboxylic acid groups (broad SMARTS) is 1. The van der Waals surface area contributed by atoms with Gasteiger partial charge in [0.1, 0.15) is 18.1 Å². The van der Waals surface area contributed by atoms with Gasteiger partial charge in [0.2, 0.25) is 0 Å². The average Bonchev–Trinajstić information content (AvgIpc) is 3.06. The SMILES string of the molecule is C#Cc1nc(C(=O)NCC(=O)O)c(O)c2c(-c3ccc(F)cc3)nsc12. The van der Waals surface area contributed by atoms with E-state index in [0.29, 0.717) is 16.0 Å². The van der Waals surface area contributed by atoms with E-state index in [1.54, 1.807) is 0 Å². The molecular formula is C17H10FN3O4S. The van der Waals surface area contributed by atoms with Gasteiger partial charge in [0.15, 0.2) is 11.4 Å². The molecule has 0 fully saturated rings. The van der Waals surface area contributed by atoms with Gasteiger partial charge in [-0.15, -0.1) is 6.42 Å². The lowest BCUT2D eigenvalue weighted by Gasteiger charge is -2.07. The summed E-state index contributed by atoms with van der Waals surface area (Å²) in [5.41, 5.74) is 0.507. The number of halogens is 1. The molecule has 3 rings (SSSR count). The van der Waals surface area contributed by atoms with Gasteiger partial charge in [-0.2, -0.15) is 4.37 Å². The summed E-state index contributed by atoms with van der Waals surface area (Å²) in [5.74, 6) is -0.726. The first-order valence-electron chi connectivity index (χ1n) is 7.17. The summed E-state index contributed by atoms with van der Waals surface area (Å²) < 4.78 is 17.8. The second-order valence-corrected chi connectivity index (χ2v) is 5.89. The third-order valence-electron chi connectivity index (χ3n) is 3.46. The van der Waals surface area contributed by atoms with Crippen LogP contribution in [-0.2, 0) is 4.79 Å². The van der Waals surface area contributed by atoms with Gasteiger partial charge in [0.25, 0.3) is 5.91 Å². The van der Waals surface area contributed by atoms with Crippen LogP contribution in [-0.4, -0.2) is 38.0 Å². The number of pyridine rings is 1. The maximum Gasteiger partial charge on any atom is 0.322 e. The van der Waals surface area contributed by atoms with Crippen LogP contribution in [0, 0.1) is 18.2 Å². The highest BCUT2D eigenvalue weighted by atomic mass is 32.1. The van der Waals surface area contributed by atoms with E-state index < -0.39 is 35.7 Å². The van der Waals surface area contributed by atoms with Crippen LogP contribution >= 0.6 is 11.5 Å². The molecular weight excluding hydrogens is 361 g/mol. The monoisotopic (exact) mass is 371 g/mol. The van der Waals surface area contributed by atoms with E-state index in [1.807, 2.05) is 0 Å². The molecule has 0 saturated carbocycles. The second-order valence-electron chi connectivity index (χ2n) is 5.12. The third-order valence-corrected chi connectivity index (χ3v) is 4.32. The van der Waals surface area contributed by atoms with Gasteiger partial charge in [-0.3, -0.25) is 9.59 Å². The lowest BCUT2D eigenvalue weighted by Crippen LogP contribution is -2.30. The van der Waals surface area contributed by atoms with Crippen LogP contribution < -0.4 is 5.32 Å². The zero-order valence-electron chi connectivity index (χ0n) is 13.0. The molecule has 2 heterocycles. The van der Waals surface area contributed by atoms with Crippen molar-refractivity contribution in [1.82, 2.24) is 14.7 Å². The summed E-state index contributed by atoms with van der Waals surface area (Å²) in [6.45, 7) is -0.643. The maximum atomic E-state index is 13.2. The Morgan fingerprint density at radius 1 is 1.31 bits per heavy atom. The zero-order chi connectivity index (χ0) is 18.8. The quantitative estimate of drug-likeness (QED) is 0.605. The summed E-state index contributed by atoms with van der Waals surface area (Å²) in [6.07, 6.45) is 5.43. The van der Waals surface area contributed by atoms with E-state index in [2.05, 4.69) is 20.6 Å². The fourth-order valence-corrected chi connectivity index (χ4v) is 3.16. The molecule has 9 heteroatoms. The van der Waals surface area contributed by atoms with Gasteiger partial charge in [0.05, 0.1) is 15.8 Å². The van der Waals surface area contributed by atoms with Gasteiger partial charge in [-0.05, 0) is 41.7 Å². The third kappa shape index (κ3) is 3.05. The minimum absolute atomic E-state index is 0.0872. The highest BCUT2D eigenvalue weighted by Crippen LogP contribution is 2.39. The van der Waals surface area contributed by atoms with Crippen LogP contribution in [0.25, 0.3) is 21.3 Å². The summed E-state index contributed by atoms with van der Waals surface area (Å²) in [5, 5.41) is 21.5. The molecule has 0 atom stereocenters. The Morgan fingerprint density at radius 3 is 2.62 bits per heavy atom. The van der Waals surface area contributed by atoms with Crippen LogP contribution in [0.2, 0.25) is 0 Å². The molecule has 1 aromatic carbocycles. The van der Waals surface area contributed by atoms with Crippen molar-refractivity contribution in [2.45, 2.75) is 0 Å². The van der Waals surface area contributed by atoms with Gasteiger partial charge >= 0.3 is 5.97 Å². The van der Waals surface area contributed by atoms with E-state index in [1.165, 1.54) is 24.3 Å². The normalized spacial score (nSPS) is 10.5. The molecule has 0 unspecified atom stereocenters. The molecule has 0 bridgehead atoms. The van der Waals surface area contributed by atoms with Gasteiger partial charge < -0.3 is 15.5 Å². The van der Waals surface area contributed by atoms with Crippen LogP contribution in [0.15, 0.2) is 24.3 Å². The predicted octanol–water partition coefficient (Wildman–Crippen LogP) is 2.00. The Kier molecular flexibility index (Phi) is 4.51. The Bertz CT molecular complexity index is 1070. The molecule has 0 radical (unpaired) electrons. The molecule has 1 amide bonds. The molecule has 3 aromatic rings. The van der Waals surface area contributed by atoms with E-state index in [4.69, 9.17) is 11.5 Å². The molecule has 26 heavy (non-hydrogen) atoms. The van der Waals surface area contributed by atoms with E-state index in [9.17, 15) is 19.1 Å². The Labute approximate surface area is 150 Å². The number of carbonyl (C=O) groups excluding carboxylic acids is 1. The van der Waals surface area contributed by atoms with Crippen molar-refractivity contribution >= 4 is 33.5 Å². The molecule has 0 aliphatic rings. The maximum absolute atomic E-state index is 13.2. The molecule has 2 aromatic heterocycles. The average molecular weight is 371 g/mol. The number of nitrogens with one attached hydrogen (secondary N) is 1. The first-order valence-corrected chi connectivity index (χ1v) is 7.94. The number of fused-ring (bicyclic) bond motifs is 1. The van der Waals surface area contributed by atoms with E-state index in [-0.39, 0.29) is 11.1 Å². The summed E-state index contributed by atoms with van der Waals surface area (Å²) >= 11 is 0.982. The lowest BCUT2D eigenvalue weighted by molar-refractivity contribution is -0.135. The first kappa shape index (κ1) is 17.3. The number of hydrogen-bond acceptors (Lipinski definition) is 6. The van der Waals surface area contributed by atoms with Crippen LogP contribution in [0.5, 0.6) is 5.75 Å². The minimum Gasteiger partial charge on any atom is -0.505 e. The summed E-state index contributed by atoms with van der Waals surface area (Å²) in [7, 11) is 0. The number of aromatic nitrogens is 2. The van der Waals surface area contributed by atoms with Crippen LogP contribution in [0.3, 0.4) is 0 Å². The number of carboxylic acids is 1. The number of aliphatic carboxylic acids is 1. The highest BCUT2D eigenvalue weighted by Gasteiger charge is 2.24. The standard InChI is InChI=1S/C17H10FN3O4S/c1-2-10-16-12(13(21-26-16)8-3-5-9(18)6-4-8)15(24)14(20-10)17(25)19-7-11(22)23/h1,3-6,24H,7H2,(H,19,25)(H,22,23). The number of aromatic hydroxyl groups is 1. The first-order chi connectivity index (χ1) is 12.4. The number of hydrogen-bond donors (Lipinski definition) is 3. The summed E-state index contributed by atoms with van der Waals surface area (Å²) in [4.78, 5) is 26.7. The molecule has 7 nitrogen and oxygen atoms in total. The Hall–Kier alpha value is -3.51. The number of carbonyl (C=O) groups is 2. The Morgan fingerprint density at radius 2 is 2.00 bits per heavy atom. The number of benzene rings is 1. The second kappa shape index (κ2) is 6.78. The predicted molar refractivity (Wildman–Crippen MR) is 92.4 cm³/mol. The number of nitrogens with zero attached hydrogens (tertiary/aromatic N) is 2. The highest BCUT2D eigenvalue weighted by molar-refractivity contribution is 7.14. The van der Waals surface area contributed by atoms with Gasteiger partial charge in [-0.25, -0.2) is 9.37 Å². The van der Waals surface area contributed by atoms with Crippen LogP contribution in [0.1, 0.15) is 16.2 Å². The van der Waals surface area contributed by atoms with Crippen molar-refractivity contribution in [3.63, 3.8) is 0 Å². The minimum atomic E-state index is -1.25. The summed E-state index contributed by atoms with van der Waals surface area (Å²) in [6, 6.07) is 5.43. The fraction of sp³-hybridized carbons (Fsp3) is 0.0588. The molecule has 0 aliphatic heterocycles. The fourth-order valence-electron chi connectivity index (χ4n) is 2.31.